The van der Waals surface area contributed by atoms with E-state index >= 15 is 0 Å². The second kappa shape index (κ2) is 8.85. The molecule has 0 amide bonds. The molecule has 4 N–H and O–H groups in total. The minimum absolute atomic E-state index is 0. The van der Waals surface area contributed by atoms with Crippen molar-refractivity contribution >= 4 is 5.96 Å². The number of pyridine rings is 1. The molecule has 6 nitrogen and oxygen atoms in total. The second-order valence-electron chi connectivity index (χ2n) is 6.85. The normalized spacial score (nSPS) is 20.0. The molecule has 1 aliphatic rings. The summed E-state index contributed by atoms with van der Waals surface area (Å²) >= 11 is 0. The molecule has 26 heavy (non-hydrogen) atoms. The molecule has 1 aliphatic carbocycles. The third-order valence-corrected chi connectivity index (χ3v) is 4.95. The number of ether oxygens (including phenoxy) is 1. The Morgan fingerprint density at radius 3 is 2.88 bits per heavy atom. The highest BCUT2D eigenvalue weighted by Crippen LogP contribution is 2.28. The maximum Gasteiger partial charge on any atom is 0.203 e. The molecule has 0 spiro atoms. The Bertz CT molecular complexity index is 755. The van der Waals surface area contributed by atoms with Crippen LogP contribution in [-0.2, 0) is 0 Å². The molecule has 0 unspecified atom stereocenters. The van der Waals surface area contributed by atoms with Crippen molar-refractivity contribution in [3.63, 3.8) is 0 Å². The van der Waals surface area contributed by atoms with Crippen LogP contribution in [0.1, 0.15) is 41.0 Å². The van der Waals surface area contributed by atoms with E-state index in [4.69, 9.17) is 21.3 Å². The van der Waals surface area contributed by atoms with Crippen molar-refractivity contribution in [2.75, 3.05) is 13.6 Å². The number of rotatable bonds is 6. The van der Waals surface area contributed by atoms with Gasteiger partial charge in [-0.25, -0.2) is 0 Å². The molecule has 2 rings (SSSR count). The first-order valence-electron chi connectivity index (χ1n) is 9.21. The van der Waals surface area contributed by atoms with Crippen molar-refractivity contribution in [1.82, 2.24) is 9.47 Å². The van der Waals surface area contributed by atoms with Gasteiger partial charge in [-0.3, -0.25) is 15.4 Å². The Morgan fingerprint density at radius 2 is 2.23 bits per heavy atom. The van der Waals surface area contributed by atoms with Gasteiger partial charge in [0.15, 0.2) is 0 Å². The van der Waals surface area contributed by atoms with E-state index in [9.17, 15) is 0 Å². The van der Waals surface area contributed by atoms with E-state index < -0.39 is 0 Å². The van der Waals surface area contributed by atoms with Gasteiger partial charge in [-0.15, -0.1) is 0 Å². The summed E-state index contributed by atoms with van der Waals surface area (Å²) in [6, 6.07) is 3.50. The van der Waals surface area contributed by atoms with Crippen molar-refractivity contribution in [2.24, 2.45) is 5.73 Å². The van der Waals surface area contributed by atoms with E-state index in [1.54, 1.807) is 22.9 Å². The van der Waals surface area contributed by atoms with Crippen LogP contribution in [0.25, 0.3) is 0 Å². The predicted octanol–water partition coefficient (Wildman–Crippen LogP) is 3.10. The predicted molar refractivity (Wildman–Crippen MR) is 108 cm³/mol. The van der Waals surface area contributed by atoms with Crippen molar-refractivity contribution in [2.45, 2.75) is 51.7 Å². The van der Waals surface area contributed by atoms with E-state index in [1.807, 2.05) is 24.9 Å². The first-order valence-corrected chi connectivity index (χ1v) is 9.21. The molecule has 0 aromatic carbocycles. The number of nitrogens with zero attached hydrogens (tertiary/aromatic N) is 2. The third-order valence-electron chi connectivity index (χ3n) is 4.95. The van der Waals surface area contributed by atoms with Crippen LogP contribution in [0.4, 0.5) is 0 Å². The number of unbranched alkanes of at least 4 members (excludes halogenated alkanes) is 1. The van der Waals surface area contributed by atoms with Crippen LogP contribution >= 0.6 is 0 Å². The van der Waals surface area contributed by atoms with Gasteiger partial charge < -0.3 is 15.4 Å². The van der Waals surface area contributed by atoms with Gasteiger partial charge in [-0.1, -0.05) is 26.0 Å². The zero-order chi connectivity index (χ0) is 19.3. The van der Waals surface area contributed by atoms with Gasteiger partial charge in [0.25, 0.3) is 0 Å². The van der Waals surface area contributed by atoms with Gasteiger partial charge >= 0.3 is 0 Å². The zero-order valence-electron chi connectivity index (χ0n) is 16.1. The van der Waals surface area contributed by atoms with Crippen LogP contribution in [0.3, 0.4) is 0 Å². The van der Waals surface area contributed by atoms with Crippen LogP contribution in [-0.4, -0.2) is 41.2 Å². The molecule has 1 heterocycles. The smallest absolute Gasteiger partial charge is 0.203 e. The van der Waals surface area contributed by atoms with Gasteiger partial charge in [-0.2, -0.15) is 0 Å². The average Bonchev–Trinajstić information content (AvgIpc) is 2.64. The van der Waals surface area contributed by atoms with E-state index in [1.165, 1.54) is 0 Å². The van der Waals surface area contributed by atoms with Crippen LogP contribution in [0.15, 0.2) is 42.1 Å². The Hall–Kier alpha value is -2.34. The molecule has 6 heteroatoms. The Labute approximate surface area is 157 Å². The highest BCUT2D eigenvalue weighted by Gasteiger charge is 2.25. The lowest BCUT2D eigenvalue weighted by Crippen LogP contribution is -2.38. The highest BCUT2D eigenvalue weighted by molar-refractivity contribution is 5.79. The Morgan fingerprint density at radius 1 is 1.50 bits per heavy atom. The molecule has 0 saturated carbocycles. The minimum Gasteiger partial charge on any atom is -0.484 e. The van der Waals surface area contributed by atoms with E-state index in [0.717, 1.165) is 43.4 Å². The number of nitrogens with one attached hydrogen (secondary N) is 2. The van der Waals surface area contributed by atoms with Crippen LogP contribution < -0.4 is 16.0 Å². The molecule has 0 radical (unpaired) electrons. The fourth-order valence-electron chi connectivity index (χ4n) is 3.16. The Balaban J connectivity index is 0.00000364. The molecule has 2 atom stereocenters. The molecular formula is C20H33N5O. The molecule has 1 aromatic heterocycles. The largest absolute Gasteiger partial charge is 0.484 e. The van der Waals surface area contributed by atoms with Gasteiger partial charge in [0.2, 0.25) is 5.96 Å². The summed E-state index contributed by atoms with van der Waals surface area (Å²) in [7, 11) is 1.88. The van der Waals surface area contributed by atoms with Crippen molar-refractivity contribution in [3.05, 3.63) is 47.6 Å². The van der Waals surface area contributed by atoms with E-state index in [2.05, 4.69) is 13.5 Å². The van der Waals surface area contributed by atoms with Crippen molar-refractivity contribution in [3.8, 4) is 5.75 Å². The zero-order valence-corrected chi connectivity index (χ0v) is 16.1. The number of hydrogen-bond acceptors (Lipinski definition) is 4. The van der Waals surface area contributed by atoms with Gasteiger partial charge in [-0.05, 0) is 49.5 Å². The second-order valence-corrected chi connectivity index (χ2v) is 6.85. The van der Waals surface area contributed by atoms with Gasteiger partial charge in [0.1, 0.15) is 17.3 Å². The molecule has 1 aromatic rings. The number of hydrogen-bond donors (Lipinski definition) is 3. The summed E-state index contributed by atoms with van der Waals surface area (Å²) in [6.07, 6.45) is 7.24. The maximum absolute atomic E-state index is 8.38. The molecule has 144 valence electrons. The quantitative estimate of drug-likeness (QED) is 0.538. The monoisotopic (exact) mass is 359 g/mol. The summed E-state index contributed by atoms with van der Waals surface area (Å²) in [5, 5.41) is 16.5. The standard InChI is InChI=1S/C20H31N5O.H2/c1-5-7-12-24(4)20(23)25-13-15(8-11-19(25)22)26-18-10-9-17(21)14(3)16(18)6-2;/h6,8,11,13,17-18,22-23H,2,5,7,9-10,12,21H2,1,3-4H3;1H/t17-,18+;/m0./s1. The fraction of sp³-hybridized carbons (Fsp3) is 0.500. The summed E-state index contributed by atoms with van der Waals surface area (Å²) < 4.78 is 7.73. The minimum atomic E-state index is -0.0932. The Kier molecular flexibility index (Phi) is 6.80. The summed E-state index contributed by atoms with van der Waals surface area (Å²) in [4.78, 5) is 1.85. The first-order chi connectivity index (χ1) is 12.4. The lowest BCUT2D eigenvalue weighted by atomic mass is 9.87. The van der Waals surface area contributed by atoms with Crippen LogP contribution in [0.5, 0.6) is 5.75 Å². The lowest BCUT2D eigenvalue weighted by molar-refractivity contribution is 0.213. The summed E-state index contributed by atoms with van der Waals surface area (Å²) in [5.74, 6) is 0.914. The molecular weight excluding hydrogens is 326 g/mol. The first kappa shape index (κ1) is 20.0. The van der Waals surface area contributed by atoms with E-state index in [-0.39, 0.29) is 25.0 Å². The summed E-state index contributed by atoms with van der Waals surface area (Å²) in [5.41, 5.74) is 8.55. The third kappa shape index (κ3) is 4.43. The molecule has 0 aliphatic heterocycles. The maximum atomic E-state index is 8.38. The van der Waals surface area contributed by atoms with Gasteiger partial charge in [0.05, 0.1) is 6.20 Å². The molecule has 0 bridgehead atoms. The molecule has 0 fully saturated rings. The van der Waals surface area contributed by atoms with Crippen LogP contribution in [0.2, 0.25) is 0 Å². The average molecular weight is 360 g/mol. The fourth-order valence-corrected chi connectivity index (χ4v) is 3.16. The topological polar surface area (TPSA) is 91.1 Å². The number of aromatic nitrogens is 1. The SMILES string of the molecule is C=CC1=C(C)[C@@H](N)CC[C@H]1Oc1ccc(=N)n(C(=N)N(C)CCCC)c1.[HH]. The van der Waals surface area contributed by atoms with Crippen molar-refractivity contribution in [1.29, 1.82) is 10.8 Å². The number of nitrogens with two attached hydrogens (primary N) is 1. The lowest BCUT2D eigenvalue weighted by Gasteiger charge is -2.30. The van der Waals surface area contributed by atoms with E-state index in [0.29, 0.717) is 5.75 Å². The highest BCUT2D eigenvalue weighted by atomic mass is 16.5. The van der Waals surface area contributed by atoms with Gasteiger partial charge in [0, 0.05) is 21.1 Å². The summed E-state index contributed by atoms with van der Waals surface area (Å²) in [6.45, 7) is 8.84. The van der Waals surface area contributed by atoms with Crippen LogP contribution in [0, 0.1) is 10.8 Å². The van der Waals surface area contributed by atoms with Crippen molar-refractivity contribution < 1.29 is 6.16 Å². The molecule has 0 saturated heterocycles.